The van der Waals surface area contributed by atoms with Gasteiger partial charge in [-0.3, -0.25) is 0 Å². The van der Waals surface area contributed by atoms with E-state index >= 15 is 0 Å². The average Bonchev–Trinajstić information content (AvgIpc) is 3.12. The molecule has 0 aliphatic carbocycles. The summed E-state index contributed by atoms with van der Waals surface area (Å²) in [4.78, 5) is 10.3. The molecule has 3 heterocycles. The fourth-order valence-corrected chi connectivity index (χ4v) is 3.93. The van der Waals surface area contributed by atoms with Crippen LogP contribution in [-0.2, 0) is 6.42 Å². The Bertz CT molecular complexity index is 798. The molecule has 0 atom stereocenters. The van der Waals surface area contributed by atoms with Gasteiger partial charge in [0.05, 0.1) is 11.9 Å². The van der Waals surface area contributed by atoms with Gasteiger partial charge >= 0.3 is 0 Å². The van der Waals surface area contributed by atoms with Gasteiger partial charge in [0, 0.05) is 24.7 Å². The number of pyridine rings is 1. The molecule has 4 rings (SSSR count). The molecule has 1 N–H and O–H groups in total. The summed E-state index contributed by atoms with van der Waals surface area (Å²) in [6, 6.07) is 13.0. The highest BCUT2D eigenvalue weighted by Crippen LogP contribution is 2.30. The van der Waals surface area contributed by atoms with E-state index in [0.717, 1.165) is 24.7 Å². The lowest BCUT2D eigenvalue weighted by atomic mass is 9.90. The normalized spacial score (nSPS) is 16.0. The summed E-state index contributed by atoms with van der Waals surface area (Å²) in [7, 11) is 0. The second kappa shape index (κ2) is 6.68. The predicted octanol–water partition coefficient (Wildman–Crippen LogP) is 4.72. The molecule has 1 aliphatic rings. The van der Waals surface area contributed by atoms with Crippen molar-refractivity contribution in [3.63, 3.8) is 0 Å². The van der Waals surface area contributed by atoms with E-state index in [1.165, 1.54) is 47.9 Å². The van der Waals surface area contributed by atoms with Gasteiger partial charge in [-0.2, -0.15) is 0 Å². The zero-order valence-electron chi connectivity index (χ0n) is 14.3. The van der Waals surface area contributed by atoms with Crippen LogP contribution >= 0.6 is 0 Å². The number of H-pyrrole nitrogens is 1. The second-order valence-electron chi connectivity index (χ2n) is 6.96. The van der Waals surface area contributed by atoms with Crippen molar-refractivity contribution in [2.75, 3.05) is 18.0 Å². The van der Waals surface area contributed by atoms with Crippen LogP contribution in [0.4, 0.5) is 5.69 Å². The minimum absolute atomic E-state index is 0.853. The summed E-state index contributed by atoms with van der Waals surface area (Å²) in [5.41, 5.74) is 5.12. The van der Waals surface area contributed by atoms with E-state index in [0.29, 0.717) is 0 Å². The summed E-state index contributed by atoms with van der Waals surface area (Å²) < 4.78 is 0. The first-order valence-electron chi connectivity index (χ1n) is 9.03. The Labute approximate surface area is 143 Å². The van der Waals surface area contributed by atoms with Crippen LogP contribution in [0.3, 0.4) is 0 Å². The minimum Gasteiger partial charge on any atom is -0.370 e. The Kier molecular flexibility index (Phi) is 4.24. The van der Waals surface area contributed by atoms with Crippen LogP contribution in [0.15, 0.2) is 48.8 Å². The number of anilines is 1. The molecule has 1 saturated heterocycles. The first-order valence-corrected chi connectivity index (χ1v) is 9.03. The van der Waals surface area contributed by atoms with Gasteiger partial charge < -0.3 is 9.88 Å². The van der Waals surface area contributed by atoms with Crippen LogP contribution in [0.2, 0.25) is 0 Å². The fraction of sp³-hybridized carbons (Fsp3) is 0.381. The van der Waals surface area contributed by atoms with Gasteiger partial charge in [0.25, 0.3) is 0 Å². The second-order valence-corrected chi connectivity index (χ2v) is 6.96. The van der Waals surface area contributed by atoms with Crippen LogP contribution in [0.5, 0.6) is 0 Å². The van der Waals surface area contributed by atoms with Crippen LogP contribution in [0.25, 0.3) is 11.0 Å². The number of nitrogens with one attached hydrogen (secondary N) is 1. The molecule has 0 bridgehead atoms. The van der Waals surface area contributed by atoms with E-state index in [1.54, 1.807) is 0 Å². The van der Waals surface area contributed by atoms with Gasteiger partial charge in [-0.1, -0.05) is 30.3 Å². The van der Waals surface area contributed by atoms with Crippen LogP contribution in [0.1, 0.15) is 30.4 Å². The molecular weight excluding hydrogens is 294 g/mol. The van der Waals surface area contributed by atoms with Gasteiger partial charge in [0.2, 0.25) is 0 Å². The Balaban J connectivity index is 1.37. The average molecular weight is 319 g/mol. The molecule has 1 aliphatic heterocycles. The lowest BCUT2D eigenvalue weighted by Gasteiger charge is -2.34. The Morgan fingerprint density at radius 1 is 1.12 bits per heavy atom. The number of nitrogens with zero attached hydrogens (tertiary/aromatic N) is 2. The molecule has 0 unspecified atom stereocenters. The van der Waals surface area contributed by atoms with E-state index in [4.69, 9.17) is 0 Å². The number of fused-ring (bicyclic) bond motifs is 1. The minimum atomic E-state index is 0.853. The van der Waals surface area contributed by atoms with Crippen LogP contribution < -0.4 is 4.90 Å². The van der Waals surface area contributed by atoms with Crippen molar-refractivity contribution < 1.29 is 0 Å². The molecule has 3 aromatic rings. The summed E-state index contributed by atoms with van der Waals surface area (Å²) >= 11 is 0. The number of aryl methyl sites for hydroxylation is 2. The number of aromatic amines is 1. The van der Waals surface area contributed by atoms with E-state index < -0.39 is 0 Å². The Morgan fingerprint density at radius 2 is 1.92 bits per heavy atom. The number of hydrogen-bond acceptors (Lipinski definition) is 2. The summed E-state index contributed by atoms with van der Waals surface area (Å²) in [6.45, 7) is 4.52. The van der Waals surface area contributed by atoms with Gasteiger partial charge in [-0.15, -0.1) is 0 Å². The van der Waals surface area contributed by atoms with Crippen LogP contribution in [0, 0.1) is 12.8 Å². The van der Waals surface area contributed by atoms with E-state index in [9.17, 15) is 0 Å². The largest absolute Gasteiger partial charge is 0.370 e. The zero-order valence-corrected chi connectivity index (χ0v) is 14.3. The molecule has 24 heavy (non-hydrogen) atoms. The summed E-state index contributed by atoms with van der Waals surface area (Å²) in [5, 5.41) is 1.25. The quantitative estimate of drug-likeness (QED) is 0.754. The van der Waals surface area contributed by atoms with Crippen molar-refractivity contribution in [3.8, 4) is 0 Å². The molecule has 124 valence electrons. The van der Waals surface area contributed by atoms with Crippen molar-refractivity contribution in [2.24, 2.45) is 5.92 Å². The van der Waals surface area contributed by atoms with Gasteiger partial charge in [-0.25, -0.2) is 4.98 Å². The van der Waals surface area contributed by atoms with Crippen molar-refractivity contribution in [2.45, 2.75) is 32.6 Å². The lowest BCUT2D eigenvalue weighted by molar-refractivity contribution is 0.381. The first-order chi connectivity index (χ1) is 11.8. The van der Waals surface area contributed by atoms with Gasteiger partial charge in [0.15, 0.2) is 0 Å². The Hall–Kier alpha value is -2.29. The molecule has 3 heteroatoms. The third-order valence-corrected chi connectivity index (χ3v) is 5.47. The molecule has 0 amide bonds. The number of aromatic nitrogens is 2. The zero-order chi connectivity index (χ0) is 16.4. The first kappa shape index (κ1) is 15.3. The highest BCUT2D eigenvalue weighted by Gasteiger charge is 2.21. The molecule has 0 spiro atoms. The fourth-order valence-electron chi connectivity index (χ4n) is 3.93. The van der Waals surface area contributed by atoms with Crippen molar-refractivity contribution in [1.29, 1.82) is 0 Å². The summed E-state index contributed by atoms with van der Waals surface area (Å²) in [6.07, 6.45) is 9.12. The highest BCUT2D eigenvalue weighted by molar-refractivity contribution is 5.84. The number of rotatable bonds is 4. The van der Waals surface area contributed by atoms with Crippen molar-refractivity contribution in [1.82, 2.24) is 9.97 Å². The molecule has 0 radical (unpaired) electrons. The molecule has 0 saturated carbocycles. The molecule has 1 fully saturated rings. The highest BCUT2D eigenvalue weighted by atomic mass is 15.1. The van der Waals surface area contributed by atoms with Gasteiger partial charge in [-0.05, 0) is 55.7 Å². The Morgan fingerprint density at radius 3 is 2.71 bits per heavy atom. The number of hydrogen-bond donors (Lipinski definition) is 1. The van der Waals surface area contributed by atoms with E-state index in [2.05, 4.69) is 58.2 Å². The maximum absolute atomic E-state index is 4.57. The SMILES string of the molecule is Cc1c(N2CCC(CCc3ccccc3)CC2)cnc2[nH]ccc12. The number of benzene rings is 1. The molecule has 2 aromatic heterocycles. The maximum atomic E-state index is 4.57. The molecule has 1 aromatic carbocycles. The topological polar surface area (TPSA) is 31.9 Å². The lowest BCUT2D eigenvalue weighted by Crippen LogP contribution is -2.34. The smallest absolute Gasteiger partial charge is 0.137 e. The van der Waals surface area contributed by atoms with Gasteiger partial charge in [0.1, 0.15) is 5.65 Å². The monoisotopic (exact) mass is 319 g/mol. The third kappa shape index (κ3) is 3.03. The third-order valence-electron chi connectivity index (χ3n) is 5.47. The molecular formula is C21H25N3. The van der Waals surface area contributed by atoms with E-state index in [1.807, 2.05) is 12.4 Å². The standard InChI is InChI=1S/C21H25N3/c1-16-19-9-12-22-21(19)23-15-20(16)24-13-10-18(11-14-24)8-7-17-5-3-2-4-6-17/h2-6,9,12,15,18H,7-8,10-11,13-14H2,1H3,(H,22,23). The van der Waals surface area contributed by atoms with Crippen LogP contribution in [-0.4, -0.2) is 23.1 Å². The summed E-state index contributed by atoms with van der Waals surface area (Å²) in [5.74, 6) is 0.853. The predicted molar refractivity (Wildman–Crippen MR) is 101 cm³/mol. The van der Waals surface area contributed by atoms with Crippen molar-refractivity contribution in [3.05, 3.63) is 59.9 Å². The maximum Gasteiger partial charge on any atom is 0.137 e. The molecule has 3 nitrogen and oxygen atoms in total. The number of piperidine rings is 1. The van der Waals surface area contributed by atoms with E-state index in [-0.39, 0.29) is 0 Å². The van der Waals surface area contributed by atoms with Crippen molar-refractivity contribution >= 4 is 16.7 Å².